The van der Waals surface area contributed by atoms with E-state index in [4.69, 9.17) is 4.42 Å². The Morgan fingerprint density at radius 1 is 1.55 bits per heavy atom. The summed E-state index contributed by atoms with van der Waals surface area (Å²) < 4.78 is 4.97. The standard InChI is InChI=1S/C9H14NO/c1-3-4-5-6-9-7-11-8(2)10-9/h7H,2-6H2,1H3. The molecule has 0 unspecified atom stereocenters. The van der Waals surface area contributed by atoms with Gasteiger partial charge in [0, 0.05) is 6.92 Å². The van der Waals surface area contributed by atoms with E-state index in [1.54, 1.807) is 6.26 Å². The van der Waals surface area contributed by atoms with Crippen molar-refractivity contribution in [2.45, 2.75) is 32.6 Å². The lowest BCUT2D eigenvalue weighted by Gasteiger charge is -1.92. The highest BCUT2D eigenvalue weighted by Gasteiger charge is 1.97. The number of nitrogens with zero attached hydrogens (tertiary/aromatic N) is 1. The number of aromatic nitrogens is 1. The fourth-order valence-electron chi connectivity index (χ4n) is 1.02. The summed E-state index contributed by atoms with van der Waals surface area (Å²) >= 11 is 0. The van der Waals surface area contributed by atoms with E-state index in [2.05, 4.69) is 18.8 Å². The summed E-state index contributed by atoms with van der Waals surface area (Å²) in [6.45, 7) is 5.78. The molecule has 11 heavy (non-hydrogen) atoms. The van der Waals surface area contributed by atoms with Gasteiger partial charge in [-0.25, -0.2) is 4.98 Å². The van der Waals surface area contributed by atoms with Gasteiger partial charge in [0.05, 0.1) is 5.69 Å². The van der Waals surface area contributed by atoms with Crippen LogP contribution in [0.25, 0.3) is 0 Å². The average molecular weight is 152 g/mol. The third kappa shape index (κ3) is 2.74. The zero-order chi connectivity index (χ0) is 8.10. The van der Waals surface area contributed by atoms with Gasteiger partial charge in [0.15, 0.2) is 5.89 Å². The maximum Gasteiger partial charge on any atom is 0.194 e. The lowest BCUT2D eigenvalue weighted by molar-refractivity contribution is 0.536. The molecule has 1 aromatic rings. The van der Waals surface area contributed by atoms with Crippen molar-refractivity contribution < 1.29 is 4.42 Å². The van der Waals surface area contributed by atoms with E-state index >= 15 is 0 Å². The molecule has 1 heterocycles. The molecule has 1 rings (SSSR count). The summed E-state index contributed by atoms with van der Waals surface area (Å²) in [4.78, 5) is 4.10. The number of rotatable bonds is 4. The molecule has 0 aliphatic heterocycles. The predicted molar refractivity (Wildman–Crippen MR) is 44.2 cm³/mol. The first-order chi connectivity index (χ1) is 5.33. The largest absolute Gasteiger partial charge is 0.449 e. The normalized spacial score (nSPS) is 10.4. The minimum Gasteiger partial charge on any atom is -0.449 e. The lowest BCUT2D eigenvalue weighted by Crippen LogP contribution is -1.84. The van der Waals surface area contributed by atoms with E-state index in [1.165, 1.54) is 19.3 Å². The molecule has 0 amide bonds. The average Bonchev–Trinajstić information content (AvgIpc) is 2.37. The first-order valence-corrected chi connectivity index (χ1v) is 4.09. The van der Waals surface area contributed by atoms with Crippen molar-refractivity contribution in [3.05, 3.63) is 24.8 Å². The van der Waals surface area contributed by atoms with Crippen LogP contribution < -0.4 is 0 Å². The number of hydrogen-bond donors (Lipinski definition) is 0. The van der Waals surface area contributed by atoms with Gasteiger partial charge in [-0.05, 0) is 12.8 Å². The second-order valence-electron chi connectivity index (χ2n) is 2.69. The minimum atomic E-state index is 0.525. The highest BCUT2D eigenvalue weighted by molar-refractivity contribution is 4.97. The third-order valence-corrected chi connectivity index (χ3v) is 1.64. The van der Waals surface area contributed by atoms with Crippen LogP contribution in [0.15, 0.2) is 10.7 Å². The minimum absolute atomic E-state index is 0.525. The van der Waals surface area contributed by atoms with E-state index in [0.717, 1.165) is 12.1 Å². The topological polar surface area (TPSA) is 26.0 Å². The van der Waals surface area contributed by atoms with Gasteiger partial charge in [0.2, 0.25) is 0 Å². The van der Waals surface area contributed by atoms with Crippen molar-refractivity contribution in [3.63, 3.8) is 0 Å². The van der Waals surface area contributed by atoms with Crippen molar-refractivity contribution in [1.29, 1.82) is 0 Å². The summed E-state index contributed by atoms with van der Waals surface area (Å²) in [5.74, 6) is 0.525. The molecule has 0 aromatic carbocycles. The summed E-state index contributed by atoms with van der Waals surface area (Å²) in [5.41, 5.74) is 1.03. The van der Waals surface area contributed by atoms with E-state index in [0.29, 0.717) is 5.89 Å². The number of aryl methyl sites for hydroxylation is 1. The molecule has 0 saturated heterocycles. The van der Waals surface area contributed by atoms with Crippen LogP contribution in [-0.2, 0) is 6.42 Å². The SMILES string of the molecule is [CH2]c1nc(CCCCC)co1. The molecule has 0 N–H and O–H groups in total. The van der Waals surface area contributed by atoms with Crippen LogP contribution in [0.4, 0.5) is 0 Å². The summed E-state index contributed by atoms with van der Waals surface area (Å²) in [5, 5.41) is 0. The van der Waals surface area contributed by atoms with Crippen molar-refractivity contribution in [3.8, 4) is 0 Å². The van der Waals surface area contributed by atoms with Crippen molar-refractivity contribution in [1.82, 2.24) is 4.98 Å². The molecular formula is C9H14NO. The molecule has 0 atom stereocenters. The summed E-state index contributed by atoms with van der Waals surface area (Å²) in [6.07, 6.45) is 6.42. The molecule has 0 spiro atoms. The molecule has 0 bridgehead atoms. The molecule has 2 nitrogen and oxygen atoms in total. The first-order valence-electron chi connectivity index (χ1n) is 4.09. The molecule has 0 aliphatic carbocycles. The highest BCUT2D eigenvalue weighted by Crippen LogP contribution is 2.05. The first kappa shape index (κ1) is 8.31. The number of unbranched alkanes of at least 4 members (excludes halogenated alkanes) is 2. The van der Waals surface area contributed by atoms with E-state index in [1.807, 2.05) is 0 Å². The Morgan fingerprint density at radius 3 is 2.91 bits per heavy atom. The van der Waals surface area contributed by atoms with Gasteiger partial charge < -0.3 is 4.42 Å². The lowest BCUT2D eigenvalue weighted by atomic mass is 10.2. The van der Waals surface area contributed by atoms with Gasteiger partial charge >= 0.3 is 0 Å². The van der Waals surface area contributed by atoms with E-state index in [-0.39, 0.29) is 0 Å². The third-order valence-electron chi connectivity index (χ3n) is 1.64. The Morgan fingerprint density at radius 2 is 2.36 bits per heavy atom. The number of oxazole rings is 1. The molecular weight excluding hydrogens is 138 g/mol. The van der Waals surface area contributed by atoms with Crippen LogP contribution in [0.2, 0.25) is 0 Å². The molecule has 2 heteroatoms. The Labute approximate surface area is 67.6 Å². The monoisotopic (exact) mass is 152 g/mol. The van der Waals surface area contributed by atoms with Crippen LogP contribution in [0, 0.1) is 6.92 Å². The smallest absolute Gasteiger partial charge is 0.194 e. The maximum atomic E-state index is 4.97. The van der Waals surface area contributed by atoms with E-state index < -0.39 is 0 Å². The fraction of sp³-hybridized carbons (Fsp3) is 0.556. The highest BCUT2D eigenvalue weighted by atomic mass is 16.3. The molecule has 1 radical (unpaired) electrons. The van der Waals surface area contributed by atoms with Crippen molar-refractivity contribution in [2.24, 2.45) is 0 Å². The van der Waals surface area contributed by atoms with Crippen LogP contribution >= 0.6 is 0 Å². The van der Waals surface area contributed by atoms with Crippen molar-refractivity contribution in [2.75, 3.05) is 0 Å². The zero-order valence-corrected chi connectivity index (χ0v) is 6.97. The van der Waals surface area contributed by atoms with Gasteiger partial charge in [-0.1, -0.05) is 19.8 Å². The Hall–Kier alpha value is -0.790. The van der Waals surface area contributed by atoms with Gasteiger partial charge in [0.1, 0.15) is 6.26 Å². The van der Waals surface area contributed by atoms with Crippen molar-refractivity contribution >= 4 is 0 Å². The Balaban J connectivity index is 2.27. The second kappa shape index (κ2) is 4.16. The fourth-order valence-corrected chi connectivity index (χ4v) is 1.02. The molecule has 0 aliphatic rings. The summed E-state index contributed by atoms with van der Waals surface area (Å²) in [7, 11) is 0. The van der Waals surface area contributed by atoms with Crippen LogP contribution in [-0.4, -0.2) is 4.98 Å². The van der Waals surface area contributed by atoms with Gasteiger partial charge in [-0.15, -0.1) is 0 Å². The maximum absolute atomic E-state index is 4.97. The Bertz CT molecular complexity index is 205. The molecule has 61 valence electrons. The predicted octanol–water partition coefficient (Wildman–Crippen LogP) is 2.59. The molecule has 0 fully saturated rings. The quantitative estimate of drug-likeness (QED) is 0.620. The Kier molecular flexibility index (Phi) is 3.14. The summed E-state index contributed by atoms with van der Waals surface area (Å²) in [6, 6.07) is 0. The number of hydrogen-bond acceptors (Lipinski definition) is 2. The van der Waals surface area contributed by atoms with Gasteiger partial charge in [-0.2, -0.15) is 0 Å². The van der Waals surface area contributed by atoms with Crippen LogP contribution in [0.1, 0.15) is 37.8 Å². The molecule has 0 saturated carbocycles. The van der Waals surface area contributed by atoms with Crippen LogP contribution in [0.3, 0.4) is 0 Å². The second-order valence-corrected chi connectivity index (χ2v) is 2.69. The molecule has 1 aromatic heterocycles. The van der Waals surface area contributed by atoms with Gasteiger partial charge in [0.25, 0.3) is 0 Å². The van der Waals surface area contributed by atoms with E-state index in [9.17, 15) is 0 Å². The van der Waals surface area contributed by atoms with Crippen LogP contribution in [0.5, 0.6) is 0 Å². The zero-order valence-electron chi connectivity index (χ0n) is 6.97. The van der Waals surface area contributed by atoms with Gasteiger partial charge in [-0.3, -0.25) is 0 Å².